The van der Waals surface area contributed by atoms with Crippen molar-refractivity contribution in [2.45, 2.75) is 6.42 Å². The second-order valence-corrected chi connectivity index (χ2v) is 5.98. The predicted octanol–water partition coefficient (Wildman–Crippen LogP) is 3.82. The van der Waals surface area contributed by atoms with Crippen LogP contribution in [-0.2, 0) is 0 Å². The average molecular weight is 310 g/mol. The Hall–Kier alpha value is -1.72. The van der Waals surface area contributed by atoms with Gasteiger partial charge in [0.25, 0.3) is 5.91 Å². The average Bonchev–Trinajstić information content (AvgIpc) is 2.74. The summed E-state index contributed by atoms with van der Waals surface area (Å²) in [6.45, 7) is 1.26. The highest BCUT2D eigenvalue weighted by atomic mass is 35.5. The number of hydrogen-bond donors (Lipinski definition) is 1. The monoisotopic (exact) mass is 309 g/mol. The maximum atomic E-state index is 12.0. The van der Waals surface area contributed by atoms with Gasteiger partial charge in [0.2, 0.25) is 0 Å². The third-order valence-electron chi connectivity index (χ3n) is 2.80. The Kier molecular flexibility index (Phi) is 3.80. The van der Waals surface area contributed by atoms with Crippen LogP contribution >= 0.6 is 22.9 Å². The molecule has 4 nitrogen and oxygen atoms in total. The highest BCUT2D eigenvalue weighted by Gasteiger charge is 2.13. The summed E-state index contributed by atoms with van der Waals surface area (Å²) in [5.74, 6) is 1.18. The van der Waals surface area contributed by atoms with Crippen LogP contribution in [0.2, 0.25) is 4.34 Å². The van der Waals surface area contributed by atoms with Gasteiger partial charge in [0, 0.05) is 18.2 Å². The van der Waals surface area contributed by atoms with Gasteiger partial charge in [0.15, 0.2) is 11.5 Å². The SMILES string of the molecule is O=C(Nc1ccc2c(c1)OCCCO2)c1ccc(Cl)s1. The van der Waals surface area contributed by atoms with Gasteiger partial charge >= 0.3 is 0 Å². The first-order chi connectivity index (χ1) is 9.72. The Balaban J connectivity index is 1.77. The summed E-state index contributed by atoms with van der Waals surface area (Å²) in [6.07, 6.45) is 0.851. The quantitative estimate of drug-likeness (QED) is 0.917. The fourth-order valence-electron chi connectivity index (χ4n) is 1.87. The van der Waals surface area contributed by atoms with Crippen molar-refractivity contribution in [3.8, 4) is 11.5 Å². The van der Waals surface area contributed by atoms with Crippen molar-refractivity contribution in [3.05, 3.63) is 39.5 Å². The number of hydrogen-bond acceptors (Lipinski definition) is 4. The minimum absolute atomic E-state index is 0.184. The predicted molar refractivity (Wildman–Crippen MR) is 79.3 cm³/mol. The van der Waals surface area contributed by atoms with Gasteiger partial charge in [-0.3, -0.25) is 4.79 Å². The summed E-state index contributed by atoms with van der Waals surface area (Å²) in [6, 6.07) is 8.77. The number of anilines is 1. The molecule has 1 amide bonds. The second-order valence-electron chi connectivity index (χ2n) is 4.27. The molecule has 0 unspecified atom stereocenters. The van der Waals surface area contributed by atoms with E-state index in [-0.39, 0.29) is 5.91 Å². The fourth-order valence-corrected chi connectivity index (χ4v) is 2.81. The number of ether oxygens (including phenoxy) is 2. The van der Waals surface area contributed by atoms with Crippen molar-refractivity contribution in [2.75, 3.05) is 18.5 Å². The van der Waals surface area contributed by atoms with Crippen LogP contribution in [0.1, 0.15) is 16.1 Å². The number of nitrogens with one attached hydrogen (secondary N) is 1. The van der Waals surface area contributed by atoms with Gasteiger partial charge in [-0.15, -0.1) is 11.3 Å². The van der Waals surface area contributed by atoms with Crippen LogP contribution in [0.3, 0.4) is 0 Å². The molecule has 20 heavy (non-hydrogen) atoms. The van der Waals surface area contributed by atoms with Crippen molar-refractivity contribution >= 4 is 34.5 Å². The Labute approximate surface area is 125 Å². The van der Waals surface area contributed by atoms with Crippen LogP contribution in [0.5, 0.6) is 11.5 Å². The number of halogens is 1. The third kappa shape index (κ3) is 2.89. The normalized spacial score (nSPS) is 13.7. The van der Waals surface area contributed by atoms with E-state index in [2.05, 4.69) is 5.32 Å². The second kappa shape index (κ2) is 5.73. The molecule has 3 rings (SSSR count). The van der Waals surface area contributed by atoms with Crippen LogP contribution in [0.4, 0.5) is 5.69 Å². The van der Waals surface area contributed by atoms with Gasteiger partial charge in [-0.25, -0.2) is 0 Å². The molecule has 0 atom stereocenters. The lowest BCUT2D eigenvalue weighted by Gasteiger charge is -2.09. The minimum Gasteiger partial charge on any atom is -0.490 e. The first-order valence-electron chi connectivity index (χ1n) is 6.19. The first kappa shape index (κ1) is 13.3. The van der Waals surface area contributed by atoms with E-state index in [1.165, 1.54) is 11.3 Å². The highest BCUT2D eigenvalue weighted by molar-refractivity contribution is 7.18. The van der Waals surface area contributed by atoms with E-state index >= 15 is 0 Å². The molecule has 0 fully saturated rings. The summed E-state index contributed by atoms with van der Waals surface area (Å²) in [5, 5.41) is 2.82. The van der Waals surface area contributed by atoms with Crippen LogP contribution in [-0.4, -0.2) is 19.1 Å². The number of carbonyl (C=O) groups excluding carboxylic acids is 1. The van der Waals surface area contributed by atoms with Gasteiger partial charge in [-0.2, -0.15) is 0 Å². The van der Waals surface area contributed by atoms with Crippen molar-refractivity contribution < 1.29 is 14.3 Å². The van der Waals surface area contributed by atoms with Crippen molar-refractivity contribution in [3.63, 3.8) is 0 Å². The van der Waals surface area contributed by atoms with Crippen LogP contribution in [0.25, 0.3) is 0 Å². The Morgan fingerprint density at radius 3 is 2.70 bits per heavy atom. The standard InChI is InChI=1S/C14H12ClNO3S/c15-13-5-4-12(20-13)14(17)16-9-2-3-10-11(8-9)19-7-1-6-18-10/h2-5,8H,1,6-7H2,(H,16,17). The van der Waals surface area contributed by atoms with E-state index < -0.39 is 0 Å². The molecule has 2 aromatic rings. The van der Waals surface area contributed by atoms with E-state index in [4.69, 9.17) is 21.1 Å². The number of amides is 1. The Morgan fingerprint density at radius 2 is 1.95 bits per heavy atom. The number of thiophene rings is 1. The van der Waals surface area contributed by atoms with Gasteiger partial charge in [-0.05, 0) is 24.3 Å². The summed E-state index contributed by atoms with van der Waals surface area (Å²) >= 11 is 7.07. The van der Waals surface area contributed by atoms with Gasteiger partial charge in [-0.1, -0.05) is 11.6 Å². The van der Waals surface area contributed by atoms with E-state index in [9.17, 15) is 4.79 Å². The summed E-state index contributed by atoms with van der Waals surface area (Å²) < 4.78 is 11.7. The number of rotatable bonds is 2. The molecule has 0 saturated carbocycles. The molecule has 0 aliphatic carbocycles. The molecule has 1 aliphatic heterocycles. The zero-order valence-electron chi connectivity index (χ0n) is 10.5. The molecule has 1 aromatic carbocycles. The topological polar surface area (TPSA) is 47.6 Å². The largest absolute Gasteiger partial charge is 0.490 e. The number of benzene rings is 1. The molecule has 0 saturated heterocycles. The zero-order valence-corrected chi connectivity index (χ0v) is 12.1. The highest BCUT2D eigenvalue weighted by Crippen LogP contribution is 2.32. The van der Waals surface area contributed by atoms with Gasteiger partial charge in [0.05, 0.1) is 22.4 Å². The van der Waals surface area contributed by atoms with Crippen molar-refractivity contribution in [1.29, 1.82) is 0 Å². The number of carbonyl (C=O) groups is 1. The molecular weight excluding hydrogens is 298 g/mol. The zero-order chi connectivity index (χ0) is 13.9. The van der Waals surface area contributed by atoms with Crippen molar-refractivity contribution in [1.82, 2.24) is 0 Å². The van der Waals surface area contributed by atoms with E-state index in [0.717, 1.165) is 6.42 Å². The van der Waals surface area contributed by atoms with Crippen LogP contribution < -0.4 is 14.8 Å². The number of fused-ring (bicyclic) bond motifs is 1. The minimum atomic E-state index is -0.184. The lowest BCUT2D eigenvalue weighted by atomic mass is 10.2. The molecule has 1 aliphatic rings. The van der Waals surface area contributed by atoms with E-state index in [1.807, 2.05) is 0 Å². The molecular formula is C14H12ClNO3S. The Bertz CT molecular complexity index is 641. The Morgan fingerprint density at radius 1 is 1.15 bits per heavy atom. The lowest BCUT2D eigenvalue weighted by molar-refractivity contribution is 0.103. The molecule has 104 valence electrons. The fraction of sp³-hybridized carbons (Fsp3) is 0.214. The van der Waals surface area contributed by atoms with Crippen molar-refractivity contribution in [2.24, 2.45) is 0 Å². The van der Waals surface area contributed by atoms with Gasteiger partial charge in [0.1, 0.15) is 0 Å². The molecule has 0 bridgehead atoms. The van der Waals surface area contributed by atoms with E-state index in [0.29, 0.717) is 39.6 Å². The maximum Gasteiger partial charge on any atom is 0.265 e. The first-order valence-corrected chi connectivity index (χ1v) is 7.38. The molecule has 6 heteroatoms. The van der Waals surface area contributed by atoms with Crippen LogP contribution in [0, 0.1) is 0 Å². The van der Waals surface area contributed by atoms with Crippen LogP contribution in [0.15, 0.2) is 30.3 Å². The van der Waals surface area contributed by atoms with E-state index in [1.54, 1.807) is 30.3 Å². The third-order valence-corrected chi connectivity index (χ3v) is 4.03. The smallest absolute Gasteiger partial charge is 0.265 e. The maximum absolute atomic E-state index is 12.0. The lowest BCUT2D eigenvalue weighted by Crippen LogP contribution is -2.10. The summed E-state index contributed by atoms with van der Waals surface area (Å²) in [4.78, 5) is 12.6. The molecule has 0 spiro atoms. The molecule has 1 N–H and O–H groups in total. The van der Waals surface area contributed by atoms with Gasteiger partial charge < -0.3 is 14.8 Å². The summed E-state index contributed by atoms with van der Waals surface area (Å²) in [7, 11) is 0. The molecule has 0 radical (unpaired) electrons. The molecule has 2 heterocycles. The summed E-state index contributed by atoms with van der Waals surface area (Å²) in [5.41, 5.74) is 0.670. The molecule has 1 aromatic heterocycles.